The molecule has 19 heavy (non-hydrogen) atoms. The summed E-state index contributed by atoms with van der Waals surface area (Å²) >= 11 is 0. The number of hydrogen-bond acceptors (Lipinski definition) is 1. The van der Waals surface area contributed by atoms with E-state index in [-0.39, 0.29) is 11.7 Å². The van der Waals surface area contributed by atoms with Crippen molar-refractivity contribution in [2.75, 3.05) is 0 Å². The first-order chi connectivity index (χ1) is 9.18. The Morgan fingerprint density at radius 3 is 2.00 bits per heavy atom. The summed E-state index contributed by atoms with van der Waals surface area (Å²) in [7, 11) is 0. The molecule has 0 aliphatic carbocycles. The SMILES string of the molecule is CC(Cc1ccccc1)C(C)C(=O)c1ccccc1. The van der Waals surface area contributed by atoms with E-state index in [1.807, 2.05) is 55.5 Å². The van der Waals surface area contributed by atoms with Crippen LogP contribution in [0.15, 0.2) is 60.7 Å². The molecule has 2 rings (SSSR count). The van der Waals surface area contributed by atoms with E-state index in [0.717, 1.165) is 12.0 Å². The van der Waals surface area contributed by atoms with Crippen LogP contribution in [0.25, 0.3) is 0 Å². The van der Waals surface area contributed by atoms with Crippen molar-refractivity contribution in [2.24, 2.45) is 11.8 Å². The predicted octanol–water partition coefficient (Wildman–Crippen LogP) is 4.38. The standard InChI is InChI=1S/C18H20O/c1-14(13-16-9-5-3-6-10-16)15(2)18(19)17-11-7-4-8-12-17/h3-12,14-15H,13H2,1-2H3. The summed E-state index contributed by atoms with van der Waals surface area (Å²) in [5.41, 5.74) is 2.11. The monoisotopic (exact) mass is 252 g/mol. The summed E-state index contributed by atoms with van der Waals surface area (Å²) in [5, 5.41) is 0. The quantitative estimate of drug-likeness (QED) is 0.721. The van der Waals surface area contributed by atoms with Crippen LogP contribution in [0, 0.1) is 11.8 Å². The minimum absolute atomic E-state index is 0.0441. The van der Waals surface area contributed by atoms with Crippen LogP contribution in [-0.2, 0) is 6.42 Å². The second-order valence-electron chi connectivity index (χ2n) is 5.19. The zero-order valence-corrected chi connectivity index (χ0v) is 11.5. The number of rotatable bonds is 5. The van der Waals surface area contributed by atoms with Crippen molar-refractivity contribution in [3.63, 3.8) is 0 Å². The highest BCUT2D eigenvalue weighted by Crippen LogP contribution is 2.21. The number of Topliss-reactive ketones (excluding diaryl/α,β-unsaturated/α-hetero) is 1. The van der Waals surface area contributed by atoms with Gasteiger partial charge in [-0.2, -0.15) is 0 Å². The van der Waals surface area contributed by atoms with Gasteiger partial charge in [0.05, 0.1) is 0 Å². The topological polar surface area (TPSA) is 17.1 Å². The van der Waals surface area contributed by atoms with Crippen molar-refractivity contribution in [2.45, 2.75) is 20.3 Å². The molecule has 0 aromatic heterocycles. The van der Waals surface area contributed by atoms with Gasteiger partial charge in [0, 0.05) is 11.5 Å². The minimum Gasteiger partial charge on any atom is -0.294 e. The molecule has 0 saturated carbocycles. The van der Waals surface area contributed by atoms with Crippen LogP contribution in [0.3, 0.4) is 0 Å². The van der Waals surface area contributed by atoms with E-state index in [0.29, 0.717) is 5.92 Å². The second-order valence-corrected chi connectivity index (χ2v) is 5.19. The zero-order valence-electron chi connectivity index (χ0n) is 11.5. The number of carbonyl (C=O) groups excluding carboxylic acids is 1. The molecular formula is C18H20O. The number of hydrogen-bond donors (Lipinski definition) is 0. The summed E-state index contributed by atoms with van der Waals surface area (Å²) in [6.45, 7) is 4.18. The first-order valence-electron chi connectivity index (χ1n) is 6.81. The average Bonchev–Trinajstić information content (AvgIpc) is 2.47. The van der Waals surface area contributed by atoms with E-state index >= 15 is 0 Å². The van der Waals surface area contributed by atoms with Crippen molar-refractivity contribution < 1.29 is 4.79 Å². The van der Waals surface area contributed by atoms with Crippen LogP contribution in [0.4, 0.5) is 0 Å². The van der Waals surface area contributed by atoms with Gasteiger partial charge in [0.15, 0.2) is 5.78 Å². The summed E-state index contributed by atoms with van der Waals surface area (Å²) < 4.78 is 0. The van der Waals surface area contributed by atoms with Crippen LogP contribution in [-0.4, -0.2) is 5.78 Å². The van der Waals surface area contributed by atoms with Gasteiger partial charge in [0.2, 0.25) is 0 Å². The van der Waals surface area contributed by atoms with Crippen LogP contribution in [0.5, 0.6) is 0 Å². The lowest BCUT2D eigenvalue weighted by Gasteiger charge is -2.19. The molecule has 0 amide bonds. The van der Waals surface area contributed by atoms with Crippen LogP contribution in [0.1, 0.15) is 29.8 Å². The molecule has 98 valence electrons. The summed E-state index contributed by atoms with van der Waals surface area (Å²) in [6.07, 6.45) is 0.945. The van der Waals surface area contributed by atoms with Gasteiger partial charge in [0.25, 0.3) is 0 Å². The maximum atomic E-state index is 12.4. The van der Waals surface area contributed by atoms with Crippen LogP contribution >= 0.6 is 0 Å². The van der Waals surface area contributed by atoms with Gasteiger partial charge in [-0.25, -0.2) is 0 Å². The lowest BCUT2D eigenvalue weighted by atomic mass is 9.84. The summed E-state index contributed by atoms with van der Waals surface area (Å²) in [5.74, 6) is 0.627. The third-order valence-electron chi connectivity index (χ3n) is 3.73. The molecular weight excluding hydrogens is 232 g/mol. The van der Waals surface area contributed by atoms with Crippen molar-refractivity contribution >= 4 is 5.78 Å². The molecule has 0 radical (unpaired) electrons. The van der Waals surface area contributed by atoms with Gasteiger partial charge in [-0.15, -0.1) is 0 Å². The highest BCUT2D eigenvalue weighted by Gasteiger charge is 2.21. The van der Waals surface area contributed by atoms with Crippen molar-refractivity contribution in [3.05, 3.63) is 71.8 Å². The van der Waals surface area contributed by atoms with E-state index in [4.69, 9.17) is 0 Å². The highest BCUT2D eigenvalue weighted by atomic mass is 16.1. The highest BCUT2D eigenvalue weighted by molar-refractivity contribution is 5.97. The van der Waals surface area contributed by atoms with Crippen LogP contribution in [0.2, 0.25) is 0 Å². The minimum atomic E-state index is 0.0441. The predicted molar refractivity (Wildman–Crippen MR) is 79.2 cm³/mol. The fourth-order valence-electron chi connectivity index (χ4n) is 2.29. The van der Waals surface area contributed by atoms with Gasteiger partial charge in [-0.3, -0.25) is 4.79 Å². The van der Waals surface area contributed by atoms with Crippen LogP contribution < -0.4 is 0 Å². The first-order valence-corrected chi connectivity index (χ1v) is 6.81. The maximum Gasteiger partial charge on any atom is 0.165 e. The molecule has 2 unspecified atom stereocenters. The zero-order chi connectivity index (χ0) is 13.7. The molecule has 0 saturated heterocycles. The number of benzene rings is 2. The molecule has 0 fully saturated rings. The van der Waals surface area contributed by atoms with Crippen molar-refractivity contribution in [1.82, 2.24) is 0 Å². The van der Waals surface area contributed by atoms with E-state index in [9.17, 15) is 4.79 Å². The normalized spacial score (nSPS) is 13.8. The molecule has 0 aliphatic rings. The lowest BCUT2D eigenvalue weighted by Crippen LogP contribution is -2.20. The number of carbonyl (C=O) groups is 1. The van der Waals surface area contributed by atoms with Crippen molar-refractivity contribution in [3.8, 4) is 0 Å². The summed E-state index contributed by atoms with van der Waals surface area (Å²) in [6, 6.07) is 19.9. The Bertz CT molecular complexity index is 516. The molecule has 2 aromatic rings. The van der Waals surface area contributed by atoms with E-state index < -0.39 is 0 Å². The Balaban J connectivity index is 2.03. The Morgan fingerprint density at radius 2 is 1.42 bits per heavy atom. The molecule has 1 nitrogen and oxygen atoms in total. The summed E-state index contributed by atoms with van der Waals surface area (Å²) in [4.78, 5) is 12.4. The fourth-order valence-corrected chi connectivity index (χ4v) is 2.29. The van der Waals surface area contributed by atoms with Gasteiger partial charge in [-0.05, 0) is 17.9 Å². The van der Waals surface area contributed by atoms with Gasteiger partial charge >= 0.3 is 0 Å². The molecule has 0 spiro atoms. The Hall–Kier alpha value is -1.89. The smallest absolute Gasteiger partial charge is 0.165 e. The van der Waals surface area contributed by atoms with E-state index in [1.165, 1.54) is 5.56 Å². The fraction of sp³-hybridized carbons (Fsp3) is 0.278. The Labute approximate surface area is 115 Å². The molecule has 0 N–H and O–H groups in total. The molecule has 1 heteroatoms. The molecule has 0 bridgehead atoms. The molecule has 2 aromatic carbocycles. The largest absolute Gasteiger partial charge is 0.294 e. The molecule has 2 atom stereocenters. The van der Waals surface area contributed by atoms with Crippen molar-refractivity contribution in [1.29, 1.82) is 0 Å². The van der Waals surface area contributed by atoms with Gasteiger partial charge in [0.1, 0.15) is 0 Å². The van der Waals surface area contributed by atoms with Gasteiger partial charge in [-0.1, -0.05) is 74.5 Å². The average molecular weight is 252 g/mol. The third kappa shape index (κ3) is 3.54. The maximum absolute atomic E-state index is 12.4. The number of ketones is 1. The lowest BCUT2D eigenvalue weighted by molar-refractivity contribution is 0.0893. The Morgan fingerprint density at radius 1 is 0.895 bits per heavy atom. The third-order valence-corrected chi connectivity index (χ3v) is 3.73. The molecule has 0 heterocycles. The van der Waals surface area contributed by atoms with E-state index in [2.05, 4.69) is 19.1 Å². The van der Waals surface area contributed by atoms with Gasteiger partial charge < -0.3 is 0 Å². The molecule has 0 aliphatic heterocycles. The van der Waals surface area contributed by atoms with E-state index in [1.54, 1.807) is 0 Å². The Kier molecular flexibility index (Phi) is 4.51. The first kappa shape index (κ1) is 13.5. The second kappa shape index (κ2) is 6.33.